The van der Waals surface area contributed by atoms with Crippen molar-refractivity contribution in [1.29, 1.82) is 0 Å². The minimum atomic E-state index is 0.382. The lowest BCUT2D eigenvalue weighted by atomic mass is 9.96. The fourth-order valence-electron chi connectivity index (χ4n) is 3.23. The van der Waals surface area contributed by atoms with E-state index in [4.69, 9.17) is 9.73 Å². The number of rotatable bonds is 5. The van der Waals surface area contributed by atoms with E-state index in [1.165, 1.54) is 18.4 Å². The molecule has 3 atom stereocenters. The molecule has 0 aromatic heterocycles. The van der Waals surface area contributed by atoms with Gasteiger partial charge in [0.1, 0.15) is 0 Å². The maximum atomic E-state index is 5.89. The third-order valence-electron chi connectivity index (χ3n) is 4.29. The Morgan fingerprint density at radius 3 is 2.81 bits per heavy atom. The molecule has 2 bridgehead atoms. The summed E-state index contributed by atoms with van der Waals surface area (Å²) in [5.41, 5.74) is 1.33. The van der Waals surface area contributed by atoms with E-state index in [9.17, 15) is 0 Å². The van der Waals surface area contributed by atoms with Crippen molar-refractivity contribution in [3.63, 3.8) is 0 Å². The number of nitrogens with zero attached hydrogens (tertiary/aromatic N) is 1. The van der Waals surface area contributed by atoms with E-state index >= 15 is 0 Å². The Morgan fingerprint density at radius 2 is 2.14 bits per heavy atom. The summed E-state index contributed by atoms with van der Waals surface area (Å²) in [7, 11) is 0. The standard InChI is InChI=1S/C17H25N3O/c1-2-18-17(19-11-10-13-6-4-3-5-7-13)20-15-12-14-8-9-16(15)21-14/h3-7,14-16H,2,8-12H2,1H3,(H2,18,19,20). The molecular weight excluding hydrogens is 262 g/mol. The zero-order valence-electron chi connectivity index (χ0n) is 12.7. The van der Waals surface area contributed by atoms with Gasteiger partial charge in [0.05, 0.1) is 18.2 Å². The smallest absolute Gasteiger partial charge is 0.191 e. The Morgan fingerprint density at radius 1 is 1.29 bits per heavy atom. The normalized spacial score (nSPS) is 27.9. The van der Waals surface area contributed by atoms with Gasteiger partial charge in [-0.25, -0.2) is 0 Å². The predicted octanol–water partition coefficient (Wildman–Crippen LogP) is 2.10. The first-order valence-electron chi connectivity index (χ1n) is 8.09. The van der Waals surface area contributed by atoms with Gasteiger partial charge in [-0.15, -0.1) is 0 Å². The van der Waals surface area contributed by atoms with Crippen LogP contribution < -0.4 is 10.6 Å². The lowest BCUT2D eigenvalue weighted by Crippen LogP contribution is -2.47. The molecule has 2 N–H and O–H groups in total. The molecule has 2 aliphatic rings. The minimum Gasteiger partial charge on any atom is -0.373 e. The van der Waals surface area contributed by atoms with Crippen LogP contribution in [0.4, 0.5) is 0 Å². The summed E-state index contributed by atoms with van der Waals surface area (Å²) in [4.78, 5) is 4.69. The Kier molecular flexibility index (Phi) is 4.76. The van der Waals surface area contributed by atoms with Crippen molar-refractivity contribution in [2.45, 2.75) is 50.9 Å². The third-order valence-corrected chi connectivity index (χ3v) is 4.29. The van der Waals surface area contributed by atoms with Crippen molar-refractivity contribution in [2.75, 3.05) is 13.1 Å². The molecule has 4 nitrogen and oxygen atoms in total. The average Bonchev–Trinajstić information content (AvgIpc) is 3.11. The zero-order valence-corrected chi connectivity index (χ0v) is 12.7. The minimum absolute atomic E-state index is 0.382. The SMILES string of the molecule is CCNC(=NCCc1ccccc1)NC1CC2CCC1O2. The first-order chi connectivity index (χ1) is 10.3. The van der Waals surface area contributed by atoms with Gasteiger partial charge in [-0.05, 0) is 38.2 Å². The van der Waals surface area contributed by atoms with Gasteiger partial charge in [-0.3, -0.25) is 4.99 Å². The van der Waals surface area contributed by atoms with Crippen LogP contribution >= 0.6 is 0 Å². The van der Waals surface area contributed by atoms with E-state index in [-0.39, 0.29) is 0 Å². The van der Waals surface area contributed by atoms with E-state index in [0.29, 0.717) is 18.2 Å². The van der Waals surface area contributed by atoms with E-state index in [1.807, 2.05) is 6.07 Å². The first-order valence-corrected chi connectivity index (χ1v) is 8.09. The zero-order chi connectivity index (χ0) is 14.5. The summed E-state index contributed by atoms with van der Waals surface area (Å²) in [6.45, 7) is 3.80. The molecule has 2 saturated heterocycles. The van der Waals surface area contributed by atoms with E-state index in [2.05, 4.69) is 41.8 Å². The second-order valence-corrected chi connectivity index (χ2v) is 5.86. The summed E-state index contributed by atoms with van der Waals surface area (Å²) in [6.07, 6.45) is 5.36. The van der Waals surface area contributed by atoms with Crippen LogP contribution in [0.2, 0.25) is 0 Å². The van der Waals surface area contributed by atoms with Gasteiger partial charge in [-0.1, -0.05) is 30.3 Å². The van der Waals surface area contributed by atoms with Crippen molar-refractivity contribution in [3.8, 4) is 0 Å². The Labute approximate surface area is 127 Å². The van der Waals surface area contributed by atoms with Gasteiger partial charge in [-0.2, -0.15) is 0 Å². The van der Waals surface area contributed by atoms with Crippen LogP contribution in [0.3, 0.4) is 0 Å². The number of guanidine groups is 1. The lowest BCUT2D eigenvalue weighted by Gasteiger charge is -2.22. The molecule has 3 rings (SSSR count). The highest BCUT2D eigenvalue weighted by Crippen LogP contribution is 2.34. The third kappa shape index (κ3) is 3.76. The molecule has 2 fully saturated rings. The van der Waals surface area contributed by atoms with Crippen molar-refractivity contribution >= 4 is 5.96 Å². The molecule has 21 heavy (non-hydrogen) atoms. The quantitative estimate of drug-likeness (QED) is 0.644. The molecule has 0 radical (unpaired) electrons. The number of fused-ring (bicyclic) bond motifs is 2. The molecule has 2 aliphatic heterocycles. The Bertz CT molecular complexity index is 474. The maximum absolute atomic E-state index is 5.89. The monoisotopic (exact) mass is 287 g/mol. The molecule has 0 saturated carbocycles. The van der Waals surface area contributed by atoms with Crippen LogP contribution in [0.1, 0.15) is 31.7 Å². The molecule has 0 amide bonds. The molecule has 1 aromatic carbocycles. The fourth-order valence-corrected chi connectivity index (χ4v) is 3.23. The summed E-state index contributed by atoms with van der Waals surface area (Å²) in [6, 6.07) is 10.9. The number of aliphatic imine (C=N–C) groups is 1. The van der Waals surface area contributed by atoms with Crippen LogP contribution in [-0.2, 0) is 11.2 Å². The number of nitrogens with one attached hydrogen (secondary N) is 2. The molecule has 114 valence electrons. The molecular formula is C17H25N3O. The molecule has 3 unspecified atom stereocenters. The van der Waals surface area contributed by atoms with Crippen LogP contribution in [-0.4, -0.2) is 37.3 Å². The largest absolute Gasteiger partial charge is 0.373 e. The van der Waals surface area contributed by atoms with Gasteiger partial charge >= 0.3 is 0 Å². The number of hydrogen-bond donors (Lipinski definition) is 2. The molecule has 4 heteroatoms. The highest BCUT2D eigenvalue weighted by Gasteiger charge is 2.41. The number of ether oxygens (including phenoxy) is 1. The highest BCUT2D eigenvalue weighted by molar-refractivity contribution is 5.80. The van der Waals surface area contributed by atoms with Gasteiger partial charge in [0, 0.05) is 13.1 Å². The van der Waals surface area contributed by atoms with Crippen LogP contribution in [0, 0.1) is 0 Å². The number of hydrogen-bond acceptors (Lipinski definition) is 2. The summed E-state index contributed by atoms with van der Waals surface area (Å²) in [5, 5.41) is 6.89. The van der Waals surface area contributed by atoms with Crippen molar-refractivity contribution in [2.24, 2.45) is 4.99 Å². The topological polar surface area (TPSA) is 45.7 Å². The van der Waals surface area contributed by atoms with Crippen LogP contribution in [0.25, 0.3) is 0 Å². The second-order valence-electron chi connectivity index (χ2n) is 5.86. The van der Waals surface area contributed by atoms with E-state index in [1.54, 1.807) is 0 Å². The van der Waals surface area contributed by atoms with E-state index in [0.717, 1.165) is 31.9 Å². The lowest BCUT2D eigenvalue weighted by molar-refractivity contribution is 0.0992. The average molecular weight is 287 g/mol. The molecule has 2 heterocycles. The predicted molar refractivity (Wildman–Crippen MR) is 85.6 cm³/mol. The fraction of sp³-hybridized carbons (Fsp3) is 0.588. The molecule has 0 spiro atoms. The van der Waals surface area contributed by atoms with Crippen molar-refractivity contribution < 1.29 is 4.74 Å². The van der Waals surface area contributed by atoms with E-state index < -0.39 is 0 Å². The second kappa shape index (κ2) is 6.94. The van der Waals surface area contributed by atoms with Crippen molar-refractivity contribution in [3.05, 3.63) is 35.9 Å². The molecule has 0 aliphatic carbocycles. The Hall–Kier alpha value is -1.55. The highest BCUT2D eigenvalue weighted by atomic mass is 16.5. The van der Waals surface area contributed by atoms with Gasteiger partial charge in [0.2, 0.25) is 0 Å². The molecule has 1 aromatic rings. The summed E-state index contributed by atoms with van der Waals surface area (Å²) >= 11 is 0. The summed E-state index contributed by atoms with van der Waals surface area (Å²) < 4.78 is 5.89. The van der Waals surface area contributed by atoms with Gasteiger partial charge in [0.15, 0.2) is 5.96 Å². The summed E-state index contributed by atoms with van der Waals surface area (Å²) in [5.74, 6) is 0.926. The Balaban J connectivity index is 1.52. The number of benzene rings is 1. The first kappa shape index (κ1) is 14.4. The van der Waals surface area contributed by atoms with Gasteiger partial charge in [0.25, 0.3) is 0 Å². The van der Waals surface area contributed by atoms with Crippen molar-refractivity contribution in [1.82, 2.24) is 10.6 Å². The van der Waals surface area contributed by atoms with Crippen LogP contribution in [0.15, 0.2) is 35.3 Å². The van der Waals surface area contributed by atoms with Crippen LogP contribution in [0.5, 0.6) is 0 Å². The maximum Gasteiger partial charge on any atom is 0.191 e. The van der Waals surface area contributed by atoms with Gasteiger partial charge < -0.3 is 15.4 Å².